The van der Waals surface area contributed by atoms with Gasteiger partial charge in [-0.15, -0.1) is 11.8 Å². The van der Waals surface area contributed by atoms with Gasteiger partial charge in [-0.1, -0.05) is 28.1 Å². The van der Waals surface area contributed by atoms with Gasteiger partial charge in [-0.05, 0) is 29.8 Å². The van der Waals surface area contributed by atoms with Crippen molar-refractivity contribution in [2.75, 3.05) is 5.73 Å². The molecule has 82 valence electrons. The second-order valence-electron chi connectivity index (χ2n) is 3.30. The summed E-state index contributed by atoms with van der Waals surface area (Å²) in [4.78, 5) is 4.25. The van der Waals surface area contributed by atoms with E-state index in [0.717, 1.165) is 26.5 Å². The zero-order valence-corrected chi connectivity index (χ0v) is 11.0. The number of nitrogen functional groups attached to an aromatic ring is 1. The Kier molecular flexibility index (Phi) is 3.85. The van der Waals surface area contributed by atoms with E-state index in [1.807, 2.05) is 36.4 Å². The Labute approximate surface area is 107 Å². The Morgan fingerprint density at radius 1 is 1.25 bits per heavy atom. The van der Waals surface area contributed by atoms with E-state index in [2.05, 4.69) is 20.9 Å². The number of halogens is 1. The second-order valence-corrected chi connectivity index (χ2v) is 5.21. The van der Waals surface area contributed by atoms with Crippen molar-refractivity contribution in [1.82, 2.24) is 4.98 Å². The van der Waals surface area contributed by atoms with Crippen molar-refractivity contribution in [1.29, 1.82) is 0 Å². The lowest BCUT2D eigenvalue weighted by molar-refractivity contribution is 1.13. The van der Waals surface area contributed by atoms with Crippen LogP contribution in [0, 0.1) is 0 Å². The van der Waals surface area contributed by atoms with Gasteiger partial charge in [0.25, 0.3) is 0 Å². The fourth-order valence-electron chi connectivity index (χ4n) is 1.28. The van der Waals surface area contributed by atoms with E-state index in [4.69, 9.17) is 5.73 Å². The minimum atomic E-state index is 0.817. The van der Waals surface area contributed by atoms with Crippen LogP contribution in [0.15, 0.2) is 52.1 Å². The lowest BCUT2D eigenvalue weighted by atomic mass is 10.2. The van der Waals surface area contributed by atoms with Crippen molar-refractivity contribution >= 4 is 33.4 Å². The number of thioether (sulfide) groups is 1. The third-order valence-electron chi connectivity index (χ3n) is 2.12. The normalized spacial score (nSPS) is 10.3. The van der Waals surface area contributed by atoms with Gasteiger partial charge >= 0.3 is 0 Å². The average Bonchev–Trinajstić information content (AvgIpc) is 2.29. The van der Waals surface area contributed by atoms with Crippen LogP contribution in [0.1, 0.15) is 5.56 Å². The number of pyridine rings is 1. The molecule has 1 heterocycles. The molecule has 0 saturated carbocycles. The van der Waals surface area contributed by atoms with Gasteiger partial charge in [0.15, 0.2) is 0 Å². The first-order valence-corrected chi connectivity index (χ1v) is 6.61. The molecule has 0 bridgehead atoms. The number of hydrogen-bond donors (Lipinski definition) is 1. The molecule has 4 heteroatoms. The van der Waals surface area contributed by atoms with Gasteiger partial charge in [-0.2, -0.15) is 0 Å². The molecule has 0 aliphatic heterocycles. The lowest BCUT2D eigenvalue weighted by Crippen LogP contribution is -1.92. The Bertz CT molecular complexity index is 474. The Morgan fingerprint density at radius 2 is 2.12 bits per heavy atom. The highest BCUT2D eigenvalue weighted by molar-refractivity contribution is 9.10. The van der Waals surface area contributed by atoms with Crippen LogP contribution in [-0.2, 0) is 5.75 Å². The van der Waals surface area contributed by atoms with Gasteiger partial charge in [0, 0.05) is 22.1 Å². The number of nitrogens with zero attached hydrogens (tertiary/aromatic N) is 1. The smallest absolute Gasteiger partial charge is 0.0963 e. The third-order valence-corrected chi connectivity index (χ3v) is 3.61. The summed E-state index contributed by atoms with van der Waals surface area (Å²) in [6.45, 7) is 0. The quantitative estimate of drug-likeness (QED) is 0.693. The molecule has 2 N–H and O–H groups in total. The predicted molar refractivity (Wildman–Crippen MR) is 72.4 cm³/mol. The van der Waals surface area contributed by atoms with E-state index < -0.39 is 0 Å². The predicted octanol–water partition coefficient (Wildman–Crippen LogP) is 3.72. The summed E-state index contributed by atoms with van der Waals surface area (Å²) in [6, 6.07) is 11.9. The van der Waals surface area contributed by atoms with E-state index in [-0.39, 0.29) is 0 Å². The number of aromatic nitrogens is 1. The minimum absolute atomic E-state index is 0.817. The highest BCUT2D eigenvalue weighted by Gasteiger charge is 2.01. The molecule has 0 atom stereocenters. The van der Waals surface area contributed by atoms with E-state index >= 15 is 0 Å². The van der Waals surface area contributed by atoms with Gasteiger partial charge in [-0.3, -0.25) is 0 Å². The molecule has 0 aliphatic carbocycles. The first-order chi connectivity index (χ1) is 7.75. The van der Waals surface area contributed by atoms with Crippen LogP contribution in [0.2, 0.25) is 0 Å². The van der Waals surface area contributed by atoms with Crippen molar-refractivity contribution in [2.24, 2.45) is 0 Å². The molecular weight excluding hydrogens is 284 g/mol. The number of rotatable bonds is 3. The summed E-state index contributed by atoms with van der Waals surface area (Å²) >= 11 is 5.08. The molecule has 0 fully saturated rings. The number of hydrogen-bond acceptors (Lipinski definition) is 3. The molecule has 0 spiro atoms. The molecule has 0 unspecified atom stereocenters. The van der Waals surface area contributed by atoms with E-state index in [9.17, 15) is 0 Å². The Balaban J connectivity index is 2.05. The highest BCUT2D eigenvalue weighted by atomic mass is 79.9. The summed E-state index contributed by atoms with van der Waals surface area (Å²) in [5.41, 5.74) is 7.88. The molecule has 0 radical (unpaired) electrons. The SMILES string of the molecule is Nc1cc(Br)ccc1CSc1ccccn1. The first kappa shape index (κ1) is 11.5. The van der Waals surface area contributed by atoms with Crippen LogP contribution < -0.4 is 5.73 Å². The molecule has 2 rings (SSSR count). The monoisotopic (exact) mass is 294 g/mol. The number of benzene rings is 1. The molecule has 0 saturated heterocycles. The molecule has 2 nitrogen and oxygen atoms in total. The van der Waals surface area contributed by atoms with Gasteiger partial charge in [-0.25, -0.2) is 4.98 Å². The average molecular weight is 295 g/mol. The van der Waals surface area contributed by atoms with Crippen molar-refractivity contribution in [3.63, 3.8) is 0 Å². The Hall–Kier alpha value is -1.00. The highest BCUT2D eigenvalue weighted by Crippen LogP contribution is 2.25. The van der Waals surface area contributed by atoms with E-state index in [1.165, 1.54) is 0 Å². The zero-order valence-electron chi connectivity index (χ0n) is 8.56. The Morgan fingerprint density at radius 3 is 2.81 bits per heavy atom. The van der Waals surface area contributed by atoms with Crippen LogP contribution in [0.5, 0.6) is 0 Å². The van der Waals surface area contributed by atoms with Crippen LogP contribution in [0.4, 0.5) is 5.69 Å². The first-order valence-electron chi connectivity index (χ1n) is 4.83. The third kappa shape index (κ3) is 3.00. The molecule has 1 aromatic heterocycles. The fourth-order valence-corrected chi connectivity index (χ4v) is 2.54. The maximum absolute atomic E-state index is 5.92. The van der Waals surface area contributed by atoms with Crippen LogP contribution in [0.25, 0.3) is 0 Å². The largest absolute Gasteiger partial charge is 0.398 e. The fraction of sp³-hybridized carbons (Fsp3) is 0.0833. The van der Waals surface area contributed by atoms with E-state index in [0.29, 0.717) is 0 Å². The van der Waals surface area contributed by atoms with Crippen molar-refractivity contribution in [2.45, 2.75) is 10.8 Å². The standard InChI is InChI=1S/C12H11BrN2S/c13-10-5-4-9(11(14)7-10)8-16-12-3-1-2-6-15-12/h1-7H,8,14H2. The maximum atomic E-state index is 5.92. The summed E-state index contributed by atoms with van der Waals surface area (Å²) < 4.78 is 1.01. The molecule has 2 aromatic rings. The lowest BCUT2D eigenvalue weighted by Gasteiger charge is -2.05. The van der Waals surface area contributed by atoms with Crippen molar-refractivity contribution in [3.8, 4) is 0 Å². The molecular formula is C12H11BrN2S. The molecule has 16 heavy (non-hydrogen) atoms. The van der Waals surface area contributed by atoms with Gasteiger partial charge < -0.3 is 5.73 Å². The molecule has 0 aliphatic rings. The molecule has 0 amide bonds. The van der Waals surface area contributed by atoms with Crippen molar-refractivity contribution < 1.29 is 0 Å². The summed E-state index contributed by atoms with van der Waals surface area (Å²) in [5, 5.41) is 1.02. The van der Waals surface area contributed by atoms with E-state index in [1.54, 1.807) is 18.0 Å². The van der Waals surface area contributed by atoms with Crippen LogP contribution in [-0.4, -0.2) is 4.98 Å². The van der Waals surface area contributed by atoms with Gasteiger partial charge in [0.05, 0.1) is 5.03 Å². The maximum Gasteiger partial charge on any atom is 0.0963 e. The van der Waals surface area contributed by atoms with Crippen LogP contribution in [0.3, 0.4) is 0 Å². The topological polar surface area (TPSA) is 38.9 Å². The van der Waals surface area contributed by atoms with Gasteiger partial charge in [0.1, 0.15) is 0 Å². The summed E-state index contributed by atoms with van der Waals surface area (Å²) in [5.74, 6) is 0.843. The summed E-state index contributed by atoms with van der Waals surface area (Å²) in [6.07, 6.45) is 1.80. The minimum Gasteiger partial charge on any atom is -0.398 e. The number of anilines is 1. The van der Waals surface area contributed by atoms with Crippen LogP contribution >= 0.6 is 27.7 Å². The second kappa shape index (κ2) is 5.37. The van der Waals surface area contributed by atoms with Crippen molar-refractivity contribution in [3.05, 3.63) is 52.6 Å². The molecule has 1 aromatic carbocycles. The number of nitrogens with two attached hydrogens (primary N) is 1. The zero-order chi connectivity index (χ0) is 11.4. The summed E-state index contributed by atoms with van der Waals surface area (Å²) in [7, 11) is 0. The van der Waals surface area contributed by atoms with Gasteiger partial charge in [0.2, 0.25) is 0 Å².